The third-order valence-electron chi connectivity index (χ3n) is 5.60. The topological polar surface area (TPSA) is 99.4 Å². The molecule has 0 saturated heterocycles. The van der Waals surface area contributed by atoms with Gasteiger partial charge < -0.3 is 9.73 Å². The van der Waals surface area contributed by atoms with Crippen molar-refractivity contribution in [2.75, 3.05) is 5.32 Å². The van der Waals surface area contributed by atoms with Crippen LogP contribution in [-0.2, 0) is 13.2 Å². The van der Waals surface area contributed by atoms with Gasteiger partial charge in [-0.3, -0.25) is 14.3 Å². The molecule has 0 radical (unpaired) electrons. The number of amides is 1. The van der Waals surface area contributed by atoms with Crippen molar-refractivity contribution >= 4 is 28.8 Å². The van der Waals surface area contributed by atoms with Crippen LogP contribution in [0.2, 0.25) is 5.02 Å². The van der Waals surface area contributed by atoms with Crippen LogP contribution in [0.3, 0.4) is 0 Å². The van der Waals surface area contributed by atoms with E-state index in [1.807, 2.05) is 0 Å². The van der Waals surface area contributed by atoms with E-state index in [1.165, 1.54) is 27.8 Å². The van der Waals surface area contributed by atoms with Crippen molar-refractivity contribution in [1.82, 2.24) is 24.0 Å². The molecular formula is C23H16ClF3N6O3. The Hall–Kier alpha value is -4.32. The van der Waals surface area contributed by atoms with Crippen molar-refractivity contribution in [2.24, 2.45) is 7.05 Å². The minimum atomic E-state index is -4.84. The Morgan fingerprint density at radius 2 is 1.86 bits per heavy atom. The number of fused-ring (bicyclic) bond motifs is 1. The van der Waals surface area contributed by atoms with Crippen LogP contribution in [0.15, 0.2) is 64.0 Å². The molecule has 0 aliphatic heterocycles. The summed E-state index contributed by atoms with van der Waals surface area (Å²) in [6, 6.07) is 12.4. The number of aromatic nitrogens is 5. The molecular weight excluding hydrogens is 501 g/mol. The first-order valence-electron chi connectivity index (χ1n) is 10.4. The van der Waals surface area contributed by atoms with Crippen molar-refractivity contribution < 1.29 is 22.4 Å². The van der Waals surface area contributed by atoms with E-state index in [2.05, 4.69) is 15.4 Å². The summed E-state index contributed by atoms with van der Waals surface area (Å²) in [6.45, 7) is 1.61. The summed E-state index contributed by atoms with van der Waals surface area (Å²) in [5.74, 6) is -0.892. The number of nitrogens with one attached hydrogen (secondary N) is 1. The highest BCUT2D eigenvalue weighted by Gasteiger charge is 2.37. The van der Waals surface area contributed by atoms with Gasteiger partial charge in [0.15, 0.2) is 22.8 Å². The predicted octanol–water partition coefficient (Wildman–Crippen LogP) is 4.71. The summed E-state index contributed by atoms with van der Waals surface area (Å²) in [4.78, 5) is 30.3. The third kappa shape index (κ3) is 3.75. The van der Waals surface area contributed by atoms with Crippen LogP contribution in [0.4, 0.5) is 18.9 Å². The van der Waals surface area contributed by atoms with Gasteiger partial charge in [-0.15, -0.1) is 0 Å². The Morgan fingerprint density at radius 1 is 1.14 bits per heavy atom. The number of para-hydroxylation sites is 1. The number of alkyl halides is 3. The molecule has 0 bridgehead atoms. The van der Waals surface area contributed by atoms with Gasteiger partial charge >= 0.3 is 6.18 Å². The molecule has 4 heterocycles. The zero-order chi connectivity index (χ0) is 25.8. The summed E-state index contributed by atoms with van der Waals surface area (Å²) >= 11 is 6.29. The molecule has 0 unspecified atom stereocenters. The van der Waals surface area contributed by atoms with Crippen molar-refractivity contribution in [3.63, 3.8) is 0 Å². The molecule has 5 aromatic rings. The Bertz CT molecular complexity index is 1670. The molecule has 0 fully saturated rings. The van der Waals surface area contributed by atoms with Crippen LogP contribution in [0.5, 0.6) is 0 Å². The van der Waals surface area contributed by atoms with Crippen molar-refractivity contribution in [2.45, 2.75) is 13.1 Å². The molecule has 0 aliphatic rings. The van der Waals surface area contributed by atoms with Gasteiger partial charge in [-0.1, -0.05) is 29.8 Å². The Balaban J connectivity index is 1.60. The fraction of sp³-hybridized carbons (Fsp3) is 0.130. The molecule has 0 aliphatic carbocycles. The fourth-order valence-electron chi connectivity index (χ4n) is 3.77. The number of rotatable bonds is 4. The highest BCUT2D eigenvalue weighted by atomic mass is 35.5. The van der Waals surface area contributed by atoms with Crippen molar-refractivity contribution in [3.8, 4) is 17.1 Å². The van der Waals surface area contributed by atoms with E-state index < -0.39 is 39.7 Å². The highest BCUT2D eigenvalue weighted by molar-refractivity contribution is 6.37. The van der Waals surface area contributed by atoms with E-state index in [4.69, 9.17) is 16.0 Å². The number of carbonyl (C=O) groups excluding carboxylic acids is 1. The van der Waals surface area contributed by atoms with E-state index >= 15 is 0 Å². The zero-order valence-electron chi connectivity index (χ0n) is 18.7. The van der Waals surface area contributed by atoms with Gasteiger partial charge in [0.25, 0.3) is 11.5 Å². The van der Waals surface area contributed by atoms with Gasteiger partial charge in [0.05, 0.1) is 17.6 Å². The Morgan fingerprint density at radius 3 is 2.50 bits per heavy atom. The van der Waals surface area contributed by atoms with Gasteiger partial charge in [0, 0.05) is 7.05 Å². The van der Waals surface area contributed by atoms with Crippen LogP contribution < -0.4 is 10.9 Å². The van der Waals surface area contributed by atoms with Gasteiger partial charge in [-0.25, -0.2) is 14.2 Å². The maximum atomic E-state index is 13.8. The average molecular weight is 517 g/mol. The van der Waals surface area contributed by atoms with Crippen LogP contribution in [-0.4, -0.2) is 29.9 Å². The highest BCUT2D eigenvalue weighted by Crippen LogP contribution is 2.34. The molecule has 0 spiro atoms. The van der Waals surface area contributed by atoms with Gasteiger partial charge in [0.2, 0.25) is 0 Å². The van der Waals surface area contributed by atoms with E-state index in [9.17, 15) is 22.8 Å². The monoisotopic (exact) mass is 516 g/mol. The maximum Gasteiger partial charge on any atom is 0.433 e. The summed E-state index contributed by atoms with van der Waals surface area (Å²) in [6.07, 6.45) is -3.55. The largest absolute Gasteiger partial charge is 0.463 e. The second-order valence-electron chi connectivity index (χ2n) is 7.79. The molecule has 184 valence electrons. The minimum Gasteiger partial charge on any atom is -0.463 e. The first-order valence-corrected chi connectivity index (χ1v) is 10.8. The number of anilines is 1. The van der Waals surface area contributed by atoms with Crippen LogP contribution >= 0.6 is 11.6 Å². The molecule has 5 rings (SSSR count). The van der Waals surface area contributed by atoms with E-state index in [1.54, 1.807) is 44.3 Å². The SMILES string of the molecule is Cc1c(NC(=O)c2nn3c(C(F)(F)F)cc(-c4ccco4)nc3c2Cl)c(=O)n(-c2ccccc2)n1C. The molecule has 1 amide bonds. The number of carbonyl (C=O) groups is 1. The predicted molar refractivity (Wildman–Crippen MR) is 124 cm³/mol. The molecule has 13 heteroatoms. The second kappa shape index (κ2) is 8.41. The molecule has 36 heavy (non-hydrogen) atoms. The van der Waals surface area contributed by atoms with Crippen molar-refractivity contribution in [3.05, 3.63) is 87.3 Å². The normalized spacial score (nSPS) is 11.8. The molecule has 1 N–H and O–H groups in total. The maximum absolute atomic E-state index is 13.8. The van der Waals surface area contributed by atoms with Crippen LogP contribution in [0.25, 0.3) is 22.8 Å². The summed E-state index contributed by atoms with van der Waals surface area (Å²) < 4.78 is 50.0. The molecule has 0 atom stereocenters. The summed E-state index contributed by atoms with van der Waals surface area (Å²) in [5.41, 5.74) is -1.91. The number of halogens is 4. The fourth-order valence-corrected chi connectivity index (χ4v) is 4.02. The van der Waals surface area contributed by atoms with Crippen LogP contribution in [0, 0.1) is 6.92 Å². The van der Waals surface area contributed by atoms with Crippen molar-refractivity contribution in [1.29, 1.82) is 0 Å². The minimum absolute atomic E-state index is 0.0697. The number of furan rings is 1. The lowest BCUT2D eigenvalue weighted by Crippen LogP contribution is -2.23. The molecule has 0 saturated carbocycles. The van der Waals surface area contributed by atoms with E-state index in [-0.39, 0.29) is 17.1 Å². The van der Waals surface area contributed by atoms with E-state index in [0.29, 0.717) is 15.9 Å². The average Bonchev–Trinajstić information content (AvgIpc) is 3.54. The smallest absolute Gasteiger partial charge is 0.433 e. The summed E-state index contributed by atoms with van der Waals surface area (Å²) in [7, 11) is 1.63. The number of hydrogen-bond acceptors (Lipinski definition) is 5. The van der Waals surface area contributed by atoms with Gasteiger partial charge in [-0.2, -0.15) is 18.3 Å². The van der Waals surface area contributed by atoms with E-state index in [0.717, 1.165) is 6.07 Å². The number of hydrogen-bond donors (Lipinski definition) is 1. The second-order valence-corrected chi connectivity index (χ2v) is 8.17. The number of benzene rings is 1. The quantitative estimate of drug-likeness (QED) is 0.373. The zero-order valence-corrected chi connectivity index (χ0v) is 19.4. The summed E-state index contributed by atoms with van der Waals surface area (Å²) in [5, 5.41) is 5.82. The Labute approximate surface area is 205 Å². The van der Waals surface area contributed by atoms with Gasteiger partial charge in [0.1, 0.15) is 16.4 Å². The molecule has 4 aromatic heterocycles. The molecule has 9 nitrogen and oxygen atoms in total. The lowest BCUT2D eigenvalue weighted by atomic mass is 10.2. The first kappa shape index (κ1) is 23.4. The molecule has 1 aromatic carbocycles. The standard InChI is InChI=1S/C23H16ClF3N6O3/c1-12-18(22(35)33(31(12)2)13-7-4-3-5-8-13)29-21(34)19-17(24)20-28-14(15-9-6-10-36-15)11-16(23(25,26)27)32(20)30-19/h3-11H,1-2H3,(H,29,34). The lowest BCUT2D eigenvalue weighted by Gasteiger charge is -2.09. The van der Waals surface area contributed by atoms with Gasteiger partial charge in [-0.05, 0) is 37.3 Å². The number of nitrogens with zero attached hydrogens (tertiary/aromatic N) is 5. The lowest BCUT2D eigenvalue weighted by molar-refractivity contribution is -0.142. The third-order valence-corrected chi connectivity index (χ3v) is 5.95. The Kier molecular flexibility index (Phi) is 5.47. The van der Waals surface area contributed by atoms with Crippen LogP contribution in [0.1, 0.15) is 21.9 Å². The first-order chi connectivity index (χ1) is 17.1.